The summed E-state index contributed by atoms with van der Waals surface area (Å²) in [5.74, 6) is -1.12. The summed E-state index contributed by atoms with van der Waals surface area (Å²) >= 11 is 0. The number of benzene rings is 2. The monoisotopic (exact) mass is 432 g/mol. The van der Waals surface area contributed by atoms with Gasteiger partial charge in [0.25, 0.3) is 11.5 Å². The Morgan fingerprint density at radius 3 is 2.34 bits per heavy atom. The standard InChI is InChI=1S/C26H25FN2O3/c1-15-5-8-18(11-16(15)2)28-24(31)23-20-12-26(3,4)13-22(30)21(20)14-29(25(23)32)19-9-6-17(27)7-10-19/h5-11,14H,12-13H2,1-4H3,(H,28,31). The van der Waals surface area contributed by atoms with Crippen LogP contribution in [0.3, 0.4) is 0 Å². The summed E-state index contributed by atoms with van der Waals surface area (Å²) in [6.07, 6.45) is 2.23. The fourth-order valence-corrected chi connectivity index (χ4v) is 4.19. The minimum Gasteiger partial charge on any atom is -0.322 e. The molecule has 0 radical (unpaired) electrons. The number of rotatable bonds is 3. The highest BCUT2D eigenvalue weighted by molar-refractivity contribution is 6.08. The summed E-state index contributed by atoms with van der Waals surface area (Å²) in [4.78, 5) is 39.8. The van der Waals surface area contributed by atoms with Gasteiger partial charge in [-0.05, 0) is 78.8 Å². The number of carbonyl (C=O) groups excluding carboxylic acids is 2. The van der Waals surface area contributed by atoms with Crippen molar-refractivity contribution < 1.29 is 14.0 Å². The van der Waals surface area contributed by atoms with Crippen molar-refractivity contribution in [3.8, 4) is 5.69 Å². The Balaban J connectivity index is 1.89. The topological polar surface area (TPSA) is 68.2 Å². The van der Waals surface area contributed by atoms with E-state index in [4.69, 9.17) is 0 Å². The Kier molecular flexibility index (Phi) is 5.33. The zero-order valence-electron chi connectivity index (χ0n) is 18.6. The van der Waals surface area contributed by atoms with Gasteiger partial charge in [-0.25, -0.2) is 4.39 Å². The van der Waals surface area contributed by atoms with Gasteiger partial charge in [0.2, 0.25) is 0 Å². The number of nitrogens with zero attached hydrogens (tertiary/aromatic N) is 1. The second-order valence-electron chi connectivity index (χ2n) is 9.24. The number of hydrogen-bond acceptors (Lipinski definition) is 3. The molecule has 1 aliphatic carbocycles. The molecule has 6 heteroatoms. The van der Waals surface area contributed by atoms with Gasteiger partial charge in [0.15, 0.2) is 5.78 Å². The third kappa shape index (κ3) is 4.00. The van der Waals surface area contributed by atoms with Crippen LogP contribution in [0.4, 0.5) is 10.1 Å². The zero-order chi connectivity index (χ0) is 23.2. The second kappa shape index (κ2) is 7.86. The molecule has 32 heavy (non-hydrogen) atoms. The van der Waals surface area contributed by atoms with Crippen LogP contribution in [0.5, 0.6) is 0 Å². The average molecular weight is 432 g/mol. The molecule has 5 nitrogen and oxygen atoms in total. The van der Waals surface area contributed by atoms with E-state index >= 15 is 0 Å². The molecule has 0 spiro atoms. The van der Waals surface area contributed by atoms with E-state index in [2.05, 4.69) is 5.32 Å². The van der Waals surface area contributed by atoms with Gasteiger partial charge in [-0.1, -0.05) is 19.9 Å². The highest BCUT2D eigenvalue weighted by atomic mass is 19.1. The number of hydrogen-bond donors (Lipinski definition) is 1. The molecule has 1 aliphatic rings. The summed E-state index contributed by atoms with van der Waals surface area (Å²) in [6.45, 7) is 7.82. The molecule has 0 aliphatic heterocycles. The third-order valence-electron chi connectivity index (χ3n) is 6.01. The fourth-order valence-electron chi connectivity index (χ4n) is 4.19. The molecule has 1 amide bonds. The normalized spacial score (nSPS) is 14.7. The van der Waals surface area contributed by atoms with Crippen LogP contribution in [-0.4, -0.2) is 16.3 Å². The number of aryl methyl sites for hydroxylation is 2. The van der Waals surface area contributed by atoms with Crippen molar-refractivity contribution in [2.24, 2.45) is 5.41 Å². The lowest BCUT2D eigenvalue weighted by Gasteiger charge is -2.31. The van der Waals surface area contributed by atoms with Crippen LogP contribution < -0.4 is 10.9 Å². The average Bonchev–Trinajstić information content (AvgIpc) is 2.70. The lowest BCUT2D eigenvalue weighted by atomic mass is 9.73. The van der Waals surface area contributed by atoms with E-state index in [0.717, 1.165) is 11.1 Å². The van der Waals surface area contributed by atoms with Crippen LogP contribution in [0, 0.1) is 25.1 Å². The smallest absolute Gasteiger partial charge is 0.268 e. The third-order valence-corrected chi connectivity index (χ3v) is 6.01. The second-order valence-corrected chi connectivity index (χ2v) is 9.24. The molecular formula is C26H25FN2O3. The highest BCUT2D eigenvalue weighted by Gasteiger charge is 2.36. The quantitative estimate of drug-likeness (QED) is 0.633. The first-order chi connectivity index (χ1) is 15.1. The van der Waals surface area contributed by atoms with E-state index in [-0.39, 0.29) is 16.8 Å². The number of halogens is 1. The van der Waals surface area contributed by atoms with Crippen LogP contribution in [-0.2, 0) is 6.42 Å². The van der Waals surface area contributed by atoms with Crippen molar-refractivity contribution in [3.63, 3.8) is 0 Å². The van der Waals surface area contributed by atoms with E-state index in [9.17, 15) is 18.8 Å². The van der Waals surface area contributed by atoms with Crippen LogP contribution >= 0.6 is 0 Å². The molecule has 0 fully saturated rings. The molecule has 0 unspecified atom stereocenters. The van der Waals surface area contributed by atoms with Gasteiger partial charge in [0, 0.05) is 29.6 Å². The minimum atomic E-state index is -0.559. The van der Waals surface area contributed by atoms with Crippen LogP contribution in [0.25, 0.3) is 5.69 Å². The van der Waals surface area contributed by atoms with Gasteiger partial charge in [-0.15, -0.1) is 0 Å². The molecule has 1 heterocycles. The van der Waals surface area contributed by atoms with Crippen molar-refractivity contribution in [1.82, 2.24) is 4.57 Å². The lowest BCUT2D eigenvalue weighted by molar-refractivity contribution is 0.0910. The zero-order valence-corrected chi connectivity index (χ0v) is 18.6. The van der Waals surface area contributed by atoms with Gasteiger partial charge in [-0.3, -0.25) is 19.0 Å². The maximum atomic E-state index is 13.5. The molecule has 0 saturated heterocycles. The summed E-state index contributed by atoms with van der Waals surface area (Å²) in [6, 6.07) is 10.9. The van der Waals surface area contributed by atoms with Crippen LogP contribution in [0.15, 0.2) is 53.5 Å². The number of nitrogens with one attached hydrogen (secondary N) is 1. The van der Waals surface area contributed by atoms with Crippen molar-refractivity contribution in [2.45, 2.75) is 40.5 Å². The molecule has 0 saturated carbocycles. The maximum absolute atomic E-state index is 13.5. The van der Waals surface area contributed by atoms with E-state index in [1.165, 1.54) is 35.0 Å². The van der Waals surface area contributed by atoms with Gasteiger partial charge in [0.05, 0.1) is 0 Å². The summed E-state index contributed by atoms with van der Waals surface area (Å²) in [7, 11) is 0. The van der Waals surface area contributed by atoms with Gasteiger partial charge < -0.3 is 5.32 Å². The Hall–Kier alpha value is -3.54. The summed E-state index contributed by atoms with van der Waals surface area (Å²) in [5.41, 5.74) is 2.93. The lowest BCUT2D eigenvalue weighted by Crippen LogP contribution is -2.37. The first-order valence-electron chi connectivity index (χ1n) is 10.5. The molecule has 0 bridgehead atoms. The van der Waals surface area contributed by atoms with Crippen molar-refractivity contribution in [1.29, 1.82) is 0 Å². The van der Waals surface area contributed by atoms with E-state index in [1.807, 2.05) is 39.8 Å². The Bertz CT molecular complexity index is 1300. The predicted octanol–water partition coefficient (Wildman–Crippen LogP) is 5.00. The van der Waals surface area contributed by atoms with E-state index in [0.29, 0.717) is 35.3 Å². The number of anilines is 1. The molecule has 1 N–H and O–H groups in total. The Labute approximate surface area is 185 Å². The Morgan fingerprint density at radius 1 is 1.00 bits per heavy atom. The van der Waals surface area contributed by atoms with E-state index < -0.39 is 17.3 Å². The summed E-state index contributed by atoms with van der Waals surface area (Å²) in [5, 5.41) is 2.82. The number of aromatic nitrogens is 1. The number of pyridine rings is 1. The first-order valence-corrected chi connectivity index (χ1v) is 10.5. The molecule has 0 atom stereocenters. The van der Waals surface area contributed by atoms with Gasteiger partial charge >= 0.3 is 0 Å². The van der Waals surface area contributed by atoms with Crippen molar-refractivity contribution in [2.75, 3.05) is 5.32 Å². The maximum Gasteiger partial charge on any atom is 0.268 e. The molecular weight excluding hydrogens is 407 g/mol. The highest BCUT2D eigenvalue weighted by Crippen LogP contribution is 2.36. The fraction of sp³-hybridized carbons (Fsp3) is 0.269. The van der Waals surface area contributed by atoms with E-state index in [1.54, 1.807) is 6.07 Å². The van der Waals surface area contributed by atoms with Crippen LogP contribution in [0.2, 0.25) is 0 Å². The predicted molar refractivity (Wildman–Crippen MR) is 122 cm³/mol. The molecule has 3 aromatic rings. The van der Waals surface area contributed by atoms with Crippen LogP contribution in [0.1, 0.15) is 57.7 Å². The number of ketones is 1. The SMILES string of the molecule is Cc1ccc(NC(=O)c2c3c(cn(-c4ccc(F)cc4)c2=O)C(=O)CC(C)(C)C3)cc1C. The molecule has 164 valence electrons. The Morgan fingerprint density at radius 2 is 1.69 bits per heavy atom. The number of Topliss-reactive ketones (excluding diaryl/α,β-unsaturated/α-hetero) is 1. The molecule has 2 aromatic carbocycles. The largest absolute Gasteiger partial charge is 0.322 e. The number of fused-ring (bicyclic) bond motifs is 1. The first kappa shape index (κ1) is 21.7. The van der Waals surface area contributed by atoms with Gasteiger partial charge in [0.1, 0.15) is 11.4 Å². The van der Waals surface area contributed by atoms with Crippen molar-refractivity contribution in [3.05, 3.63) is 92.6 Å². The molecule has 4 rings (SSSR count). The summed E-state index contributed by atoms with van der Waals surface area (Å²) < 4.78 is 14.7. The molecule has 1 aromatic heterocycles. The minimum absolute atomic E-state index is 0.0498. The number of carbonyl (C=O) groups is 2. The van der Waals surface area contributed by atoms with Crippen molar-refractivity contribution >= 4 is 17.4 Å². The van der Waals surface area contributed by atoms with Gasteiger partial charge in [-0.2, -0.15) is 0 Å². The number of amides is 1.